The fraction of sp³-hybridized carbons (Fsp3) is 0. The van der Waals surface area contributed by atoms with Crippen LogP contribution in [0.25, 0.3) is 28.1 Å². The van der Waals surface area contributed by atoms with Gasteiger partial charge in [-0.15, -0.1) is 10.2 Å². The highest BCUT2D eigenvalue weighted by Crippen LogP contribution is 2.27. The van der Waals surface area contributed by atoms with Crippen LogP contribution in [0.3, 0.4) is 0 Å². The van der Waals surface area contributed by atoms with Gasteiger partial charge in [0.25, 0.3) is 0 Å². The topological polar surface area (TPSA) is 148 Å². The van der Waals surface area contributed by atoms with Crippen molar-refractivity contribution in [1.82, 2.24) is 20.2 Å². The zero-order valence-corrected chi connectivity index (χ0v) is 15.3. The Bertz CT molecular complexity index is 1310. The number of aromatic amines is 1. The van der Waals surface area contributed by atoms with Gasteiger partial charge >= 0.3 is 11.9 Å². The molecule has 0 saturated heterocycles. The SMILES string of the molecule is O=C(O)C(=CC=Cc1ccc([N+](=O)[O-])o1)Sc1nnc2c(n1)[nH]c1ccccc12. The number of nitrogens with one attached hydrogen (secondary N) is 1. The molecule has 3 aromatic heterocycles. The van der Waals surface area contributed by atoms with Crippen LogP contribution in [0.15, 0.2) is 63.0 Å². The number of furan rings is 1. The number of thioether (sulfide) groups is 1. The highest BCUT2D eigenvalue weighted by Gasteiger charge is 2.14. The number of carbonyl (C=O) groups is 1. The lowest BCUT2D eigenvalue weighted by molar-refractivity contribution is -0.402. The molecule has 4 aromatic rings. The molecule has 0 radical (unpaired) electrons. The predicted octanol–water partition coefficient (Wildman–Crippen LogP) is 3.78. The molecule has 0 saturated carbocycles. The van der Waals surface area contributed by atoms with E-state index in [0.717, 1.165) is 22.7 Å². The van der Waals surface area contributed by atoms with E-state index < -0.39 is 16.8 Å². The standard InChI is InChI=1S/C18H11N5O5S/c24-17(25)13(7-3-4-10-8-9-14(28-10)23(26)27)29-18-20-16-15(21-22-18)11-5-1-2-6-12(11)19-16/h1-9H,(H,24,25)(H,19,20,22). The molecule has 0 spiro atoms. The highest BCUT2D eigenvalue weighted by atomic mass is 32.2. The molecule has 0 aliphatic rings. The number of nitro groups is 1. The van der Waals surface area contributed by atoms with E-state index in [-0.39, 0.29) is 15.8 Å². The van der Waals surface area contributed by atoms with E-state index in [1.54, 1.807) is 0 Å². The van der Waals surface area contributed by atoms with Crippen LogP contribution in [0.4, 0.5) is 5.88 Å². The number of allylic oxidation sites excluding steroid dienone is 2. The van der Waals surface area contributed by atoms with Crippen LogP contribution in [-0.4, -0.2) is 36.2 Å². The molecule has 3 heterocycles. The number of aliphatic carboxylic acids is 1. The number of fused-ring (bicyclic) bond motifs is 3. The third kappa shape index (κ3) is 3.84. The number of carboxylic acids is 1. The molecule has 0 aliphatic heterocycles. The van der Waals surface area contributed by atoms with Crippen molar-refractivity contribution in [3.05, 3.63) is 69.3 Å². The average molecular weight is 409 g/mol. The first kappa shape index (κ1) is 18.4. The number of hydrogen-bond acceptors (Lipinski definition) is 8. The molecule has 11 heteroatoms. The summed E-state index contributed by atoms with van der Waals surface area (Å²) in [6, 6.07) is 10.2. The smallest absolute Gasteiger partial charge is 0.433 e. The lowest BCUT2D eigenvalue weighted by atomic mass is 10.2. The number of H-pyrrole nitrogens is 1. The lowest BCUT2D eigenvalue weighted by Crippen LogP contribution is -1.99. The van der Waals surface area contributed by atoms with Crippen molar-refractivity contribution in [1.29, 1.82) is 0 Å². The molecular formula is C18H11N5O5S. The monoisotopic (exact) mass is 409 g/mol. The van der Waals surface area contributed by atoms with Crippen molar-refractivity contribution in [3.8, 4) is 0 Å². The number of hydrogen-bond donors (Lipinski definition) is 2. The van der Waals surface area contributed by atoms with E-state index in [2.05, 4.69) is 20.2 Å². The molecule has 0 amide bonds. The summed E-state index contributed by atoms with van der Waals surface area (Å²) in [5.41, 5.74) is 1.97. The van der Waals surface area contributed by atoms with Crippen LogP contribution in [0, 0.1) is 10.1 Å². The Morgan fingerprint density at radius 1 is 1.24 bits per heavy atom. The van der Waals surface area contributed by atoms with Gasteiger partial charge in [-0.05, 0) is 36.0 Å². The maximum Gasteiger partial charge on any atom is 0.433 e. The normalized spacial score (nSPS) is 12.2. The molecule has 0 atom stereocenters. The van der Waals surface area contributed by atoms with Crippen molar-refractivity contribution >= 4 is 51.8 Å². The molecule has 2 N–H and O–H groups in total. The fourth-order valence-electron chi connectivity index (χ4n) is 2.56. The van der Waals surface area contributed by atoms with Crippen molar-refractivity contribution in [2.45, 2.75) is 5.16 Å². The van der Waals surface area contributed by atoms with Gasteiger partial charge in [0.1, 0.15) is 21.1 Å². The summed E-state index contributed by atoms with van der Waals surface area (Å²) in [4.78, 5) is 28.9. The van der Waals surface area contributed by atoms with Crippen molar-refractivity contribution in [2.24, 2.45) is 0 Å². The number of carboxylic acid groups (broad SMARTS) is 1. The Balaban J connectivity index is 1.58. The molecule has 0 fully saturated rings. The summed E-state index contributed by atoms with van der Waals surface area (Å²) in [6.07, 6.45) is 4.14. The molecule has 0 bridgehead atoms. The number of para-hydroxylation sites is 1. The van der Waals surface area contributed by atoms with Gasteiger partial charge in [-0.1, -0.05) is 24.3 Å². The predicted molar refractivity (Wildman–Crippen MR) is 105 cm³/mol. The summed E-state index contributed by atoms with van der Waals surface area (Å²) in [5, 5.41) is 29.2. The Morgan fingerprint density at radius 3 is 2.83 bits per heavy atom. The van der Waals surface area contributed by atoms with Crippen molar-refractivity contribution in [3.63, 3.8) is 0 Å². The van der Waals surface area contributed by atoms with E-state index in [1.807, 2.05) is 24.3 Å². The second kappa shape index (κ2) is 7.56. The van der Waals surface area contributed by atoms with E-state index in [4.69, 9.17) is 4.42 Å². The van der Waals surface area contributed by atoms with Crippen LogP contribution in [0.5, 0.6) is 0 Å². The molecule has 4 rings (SSSR count). The first-order valence-corrected chi connectivity index (χ1v) is 8.98. The number of benzene rings is 1. The summed E-state index contributed by atoms with van der Waals surface area (Å²) >= 11 is 0.834. The molecular weight excluding hydrogens is 398 g/mol. The zero-order chi connectivity index (χ0) is 20.4. The maximum absolute atomic E-state index is 11.5. The van der Waals surface area contributed by atoms with Gasteiger partial charge in [-0.25, -0.2) is 9.78 Å². The third-order valence-corrected chi connectivity index (χ3v) is 4.70. The maximum atomic E-state index is 11.5. The quantitative estimate of drug-likeness (QED) is 0.159. The summed E-state index contributed by atoms with van der Waals surface area (Å²) in [7, 11) is 0. The zero-order valence-electron chi connectivity index (χ0n) is 14.5. The van der Waals surface area contributed by atoms with Gasteiger partial charge in [0.15, 0.2) is 5.65 Å². The minimum absolute atomic E-state index is 0.0560. The first-order chi connectivity index (χ1) is 14.0. The Labute approximate surface area is 166 Å². The summed E-state index contributed by atoms with van der Waals surface area (Å²) in [6.45, 7) is 0. The Kier molecular flexibility index (Phi) is 4.79. The number of nitrogens with zero attached hydrogens (tertiary/aromatic N) is 4. The summed E-state index contributed by atoms with van der Waals surface area (Å²) in [5.74, 6) is -1.35. The van der Waals surface area contributed by atoms with Crippen LogP contribution >= 0.6 is 11.8 Å². The Morgan fingerprint density at radius 2 is 2.07 bits per heavy atom. The molecule has 0 aliphatic carbocycles. The van der Waals surface area contributed by atoms with E-state index in [1.165, 1.54) is 30.4 Å². The van der Waals surface area contributed by atoms with Gasteiger partial charge in [-0.2, -0.15) is 0 Å². The molecule has 10 nitrogen and oxygen atoms in total. The van der Waals surface area contributed by atoms with E-state index in [0.29, 0.717) is 11.2 Å². The molecule has 144 valence electrons. The largest absolute Gasteiger partial charge is 0.477 e. The lowest BCUT2D eigenvalue weighted by Gasteiger charge is -1.99. The minimum Gasteiger partial charge on any atom is -0.477 e. The highest BCUT2D eigenvalue weighted by molar-refractivity contribution is 8.03. The van der Waals surface area contributed by atoms with Crippen LogP contribution in [0.1, 0.15) is 5.76 Å². The molecule has 1 aromatic carbocycles. The van der Waals surface area contributed by atoms with Crippen molar-refractivity contribution in [2.75, 3.05) is 0 Å². The number of rotatable bonds is 6. The second-order valence-electron chi connectivity index (χ2n) is 5.69. The van der Waals surface area contributed by atoms with Crippen LogP contribution in [-0.2, 0) is 4.79 Å². The molecule has 0 unspecified atom stereocenters. The van der Waals surface area contributed by atoms with E-state index >= 15 is 0 Å². The summed E-state index contributed by atoms with van der Waals surface area (Å²) < 4.78 is 4.97. The van der Waals surface area contributed by atoms with E-state index in [9.17, 15) is 20.0 Å². The first-order valence-electron chi connectivity index (χ1n) is 8.16. The number of aromatic nitrogens is 4. The fourth-order valence-corrected chi connectivity index (χ4v) is 3.21. The Hall–Kier alpha value is -3.99. The van der Waals surface area contributed by atoms with Gasteiger partial charge < -0.3 is 14.5 Å². The second-order valence-corrected chi connectivity index (χ2v) is 6.70. The van der Waals surface area contributed by atoms with Gasteiger partial charge in [0.2, 0.25) is 5.16 Å². The average Bonchev–Trinajstić information content (AvgIpc) is 3.31. The minimum atomic E-state index is -1.18. The van der Waals surface area contributed by atoms with Crippen LogP contribution < -0.4 is 0 Å². The third-order valence-electron chi connectivity index (χ3n) is 3.82. The van der Waals surface area contributed by atoms with Gasteiger partial charge in [-0.3, -0.25) is 10.1 Å². The van der Waals surface area contributed by atoms with Crippen LogP contribution in [0.2, 0.25) is 0 Å². The van der Waals surface area contributed by atoms with Crippen molar-refractivity contribution < 1.29 is 19.2 Å². The molecule has 29 heavy (non-hydrogen) atoms. The van der Waals surface area contributed by atoms with Gasteiger partial charge in [0, 0.05) is 10.9 Å². The van der Waals surface area contributed by atoms with Gasteiger partial charge in [0.05, 0.1) is 6.07 Å².